The Labute approximate surface area is 216 Å². The lowest BCUT2D eigenvalue weighted by molar-refractivity contribution is -0.129. The predicted octanol–water partition coefficient (Wildman–Crippen LogP) is 5.15. The maximum atomic E-state index is 13.7. The molecule has 1 heterocycles. The first-order valence-electron chi connectivity index (χ1n) is 11.3. The van der Waals surface area contributed by atoms with Gasteiger partial charge >= 0.3 is 0 Å². The highest BCUT2D eigenvalue weighted by atomic mass is 35.5. The molecule has 1 aliphatic heterocycles. The second-order valence-corrected chi connectivity index (χ2v) is 11.3. The number of carbonyl (C=O) groups is 1. The van der Waals surface area contributed by atoms with Gasteiger partial charge in [-0.3, -0.25) is 9.10 Å². The van der Waals surface area contributed by atoms with Crippen molar-refractivity contribution in [2.75, 3.05) is 41.9 Å². The number of nitrogens with zero attached hydrogens (tertiary/aromatic N) is 3. The molecule has 1 saturated heterocycles. The summed E-state index contributed by atoms with van der Waals surface area (Å²) < 4.78 is 28.5. The van der Waals surface area contributed by atoms with E-state index in [0.717, 1.165) is 11.3 Å². The summed E-state index contributed by atoms with van der Waals surface area (Å²) in [6.07, 6.45) is 0. The number of rotatable bonds is 6. The Kier molecular flexibility index (Phi) is 7.59. The number of piperazine rings is 1. The molecule has 1 aliphatic rings. The van der Waals surface area contributed by atoms with Crippen LogP contribution in [0, 0.1) is 13.8 Å². The fourth-order valence-corrected chi connectivity index (χ4v) is 6.04. The first kappa shape index (κ1) is 25.4. The van der Waals surface area contributed by atoms with Gasteiger partial charge in [-0.05, 0) is 67.9 Å². The van der Waals surface area contributed by atoms with Crippen molar-refractivity contribution in [3.8, 4) is 0 Å². The minimum atomic E-state index is -3.98. The van der Waals surface area contributed by atoms with E-state index in [1.54, 1.807) is 54.3 Å². The number of carbonyl (C=O) groups excluding carboxylic acids is 1. The Bertz CT molecular complexity index is 1320. The molecule has 0 aliphatic carbocycles. The molecule has 3 aromatic rings. The SMILES string of the molecule is Cc1ccc(S(=O)(=O)N(CC(=O)N2CCN(c3cccc(Cl)c3)CC2)c2ccc(Cl)cc2C)cc1. The summed E-state index contributed by atoms with van der Waals surface area (Å²) >= 11 is 12.2. The van der Waals surface area contributed by atoms with Gasteiger partial charge in [-0.15, -0.1) is 0 Å². The second-order valence-electron chi connectivity index (χ2n) is 8.60. The largest absolute Gasteiger partial charge is 0.368 e. The lowest BCUT2D eigenvalue weighted by Gasteiger charge is -2.37. The van der Waals surface area contributed by atoms with Crippen molar-refractivity contribution in [3.63, 3.8) is 0 Å². The molecule has 0 bridgehead atoms. The van der Waals surface area contributed by atoms with Crippen LogP contribution in [0.3, 0.4) is 0 Å². The van der Waals surface area contributed by atoms with Gasteiger partial charge in [0.25, 0.3) is 10.0 Å². The third kappa shape index (κ3) is 5.74. The van der Waals surface area contributed by atoms with E-state index in [-0.39, 0.29) is 17.3 Å². The van der Waals surface area contributed by atoms with E-state index in [1.165, 1.54) is 4.31 Å². The molecule has 0 unspecified atom stereocenters. The molecular weight excluding hydrogens is 505 g/mol. The number of amides is 1. The van der Waals surface area contributed by atoms with Crippen LogP contribution in [0.4, 0.5) is 11.4 Å². The number of sulfonamides is 1. The van der Waals surface area contributed by atoms with Crippen molar-refractivity contribution >= 4 is 50.5 Å². The second kappa shape index (κ2) is 10.5. The lowest BCUT2D eigenvalue weighted by atomic mass is 10.2. The molecule has 1 fully saturated rings. The molecule has 9 heteroatoms. The number of anilines is 2. The molecule has 35 heavy (non-hydrogen) atoms. The van der Waals surface area contributed by atoms with Crippen molar-refractivity contribution in [1.82, 2.24) is 4.90 Å². The van der Waals surface area contributed by atoms with Crippen LogP contribution in [-0.2, 0) is 14.8 Å². The Morgan fingerprint density at radius 1 is 0.886 bits per heavy atom. The topological polar surface area (TPSA) is 60.9 Å². The van der Waals surface area contributed by atoms with Crippen molar-refractivity contribution in [2.45, 2.75) is 18.7 Å². The van der Waals surface area contributed by atoms with E-state index in [9.17, 15) is 13.2 Å². The van der Waals surface area contributed by atoms with Crippen molar-refractivity contribution in [3.05, 3.63) is 87.9 Å². The summed E-state index contributed by atoms with van der Waals surface area (Å²) in [5.74, 6) is -0.249. The van der Waals surface area contributed by atoms with Gasteiger partial charge < -0.3 is 9.80 Å². The molecule has 0 saturated carbocycles. The zero-order valence-corrected chi connectivity index (χ0v) is 21.9. The maximum absolute atomic E-state index is 13.7. The first-order chi connectivity index (χ1) is 16.6. The third-order valence-corrected chi connectivity index (χ3v) is 8.37. The van der Waals surface area contributed by atoms with E-state index >= 15 is 0 Å². The van der Waals surface area contributed by atoms with Crippen LogP contribution in [-0.4, -0.2) is 51.9 Å². The van der Waals surface area contributed by atoms with Gasteiger partial charge in [0.15, 0.2) is 0 Å². The van der Waals surface area contributed by atoms with Crippen molar-refractivity contribution < 1.29 is 13.2 Å². The van der Waals surface area contributed by atoms with Gasteiger partial charge in [0, 0.05) is 41.9 Å². The highest BCUT2D eigenvalue weighted by molar-refractivity contribution is 7.92. The molecule has 4 rings (SSSR count). The van der Waals surface area contributed by atoms with Crippen molar-refractivity contribution in [1.29, 1.82) is 0 Å². The summed E-state index contributed by atoms with van der Waals surface area (Å²) in [5, 5.41) is 1.17. The summed E-state index contributed by atoms with van der Waals surface area (Å²) in [5.41, 5.74) is 3.06. The normalized spacial score (nSPS) is 14.2. The highest BCUT2D eigenvalue weighted by Gasteiger charge is 2.31. The number of hydrogen-bond acceptors (Lipinski definition) is 4. The van der Waals surface area contributed by atoms with Crippen LogP contribution in [0.15, 0.2) is 71.6 Å². The minimum Gasteiger partial charge on any atom is -0.368 e. The average molecular weight is 532 g/mol. The van der Waals surface area contributed by atoms with Crippen molar-refractivity contribution in [2.24, 2.45) is 0 Å². The van der Waals surface area contributed by atoms with E-state index in [2.05, 4.69) is 4.90 Å². The van der Waals surface area contributed by atoms with Crippen LogP contribution in [0.25, 0.3) is 0 Å². The summed E-state index contributed by atoms with van der Waals surface area (Å²) in [6, 6.07) is 19.2. The molecule has 6 nitrogen and oxygen atoms in total. The summed E-state index contributed by atoms with van der Waals surface area (Å²) in [4.78, 5) is 17.4. The average Bonchev–Trinajstić information content (AvgIpc) is 2.83. The van der Waals surface area contributed by atoms with Crippen LogP contribution >= 0.6 is 23.2 Å². The highest BCUT2D eigenvalue weighted by Crippen LogP contribution is 2.29. The first-order valence-corrected chi connectivity index (χ1v) is 13.5. The Morgan fingerprint density at radius 3 is 2.17 bits per heavy atom. The van der Waals surface area contributed by atoms with Crippen LogP contribution in [0.2, 0.25) is 10.0 Å². The van der Waals surface area contributed by atoms with Gasteiger partial charge in [-0.2, -0.15) is 0 Å². The molecule has 3 aromatic carbocycles. The molecule has 0 spiro atoms. The standard InChI is InChI=1S/C26H27Cl2N3O3S/c1-19-6-9-24(10-7-19)35(33,34)31(25-11-8-22(28)16-20(25)2)18-26(32)30-14-12-29(13-15-30)23-5-3-4-21(27)17-23/h3-11,16-17H,12-15,18H2,1-2H3. The molecule has 0 atom stereocenters. The molecule has 0 radical (unpaired) electrons. The molecule has 184 valence electrons. The van der Waals surface area contributed by atoms with Crippen LogP contribution < -0.4 is 9.21 Å². The zero-order chi connectivity index (χ0) is 25.2. The molecule has 0 aromatic heterocycles. The number of halogens is 2. The van der Waals surface area contributed by atoms with E-state index in [1.807, 2.05) is 31.2 Å². The number of hydrogen-bond donors (Lipinski definition) is 0. The monoisotopic (exact) mass is 531 g/mol. The third-order valence-electron chi connectivity index (χ3n) is 6.12. The Balaban J connectivity index is 1.56. The van der Waals surface area contributed by atoms with Crippen LogP contribution in [0.5, 0.6) is 0 Å². The Morgan fingerprint density at radius 2 is 1.54 bits per heavy atom. The summed E-state index contributed by atoms with van der Waals surface area (Å²) in [6.45, 7) is 5.63. The van der Waals surface area contributed by atoms with E-state index in [4.69, 9.17) is 23.2 Å². The van der Waals surface area contributed by atoms with Gasteiger partial charge in [0.2, 0.25) is 5.91 Å². The van der Waals surface area contributed by atoms with E-state index < -0.39 is 10.0 Å². The molecule has 0 N–H and O–H groups in total. The zero-order valence-electron chi connectivity index (χ0n) is 19.6. The number of benzene rings is 3. The summed E-state index contributed by atoms with van der Waals surface area (Å²) in [7, 11) is -3.98. The van der Waals surface area contributed by atoms with Crippen LogP contribution in [0.1, 0.15) is 11.1 Å². The van der Waals surface area contributed by atoms with E-state index in [0.29, 0.717) is 47.5 Å². The quantitative estimate of drug-likeness (QED) is 0.441. The fourth-order valence-electron chi connectivity index (χ4n) is 4.15. The maximum Gasteiger partial charge on any atom is 0.264 e. The minimum absolute atomic E-state index is 0.135. The lowest BCUT2D eigenvalue weighted by Crippen LogP contribution is -2.52. The predicted molar refractivity (Wildman–Crippen MR) is 142 cm³/mol. The van der Waals surface area contributed by atoms with Gasteiger partial charge in [0.05, 0.1) is 10.6 Å². The van der Waals surface area contributed by atoms with Gasteiger partial charge in [0.1, 0.15) is 6.54 Å². The molecule has 1 amide bonds. The smallest absolute Gasteiger partial charge is 0.264 e. The Hall–Kier alpha value is -2.74. The fraction of sp³-hybridized carbons (Fsp3) is 0.269. The van der Waals surface area contributed by atoms with Gasteiger partial charge in [-0.25, -0.2) is 8.42 Å². The molecular formula is C26H27Cl2N3O3S. The number of aryl methyl sites for hydroxylation is 2. The van der Waals surface area contributed by atoms with Gasteiger partial charge in [-0.1, -0.05) is 47.0 Å².